The van der Waals surface area contributed by atoms with Crippen molar-refractivity contribution >= 4 is 35.3 Å². The first-order valence-electron chi connectivity index (χ1n) is 13.1. The van der Waals surface area contributed by atoms with E-state index < -0.39 is 24.1 Å². The van der Waals surface area contributed by atoms with Crippen LogP contribution in [0.4, 0.5) is 5.69 Å². The molecule has 2 N–H and O–H groups in total. The Balaban J connectivity index is 1.21. The van der Waals surface area contributed by atoms with Gasteiger partial charge in [0.05, 0.1) is 29.9 Å². The van der Waals surface area contributed by atoms with Crippen LogP contribution < -0.4 is 5.32 Å². The monoisotopic (exact) mass is 587 g/mol. The number of cyclic esters (lactones) is 2. The molecule has 0 spiro atoms. The predicted molar refractivity (Wildman–Crippen MR) is 149 cm³/mol. The predicted octanol–water partition coefficient (Wildman–Crippen LogP) is 3.60. The van der Waals surface area contributed by atoms with Crippen LogP contribution in [0.1, 0.15) is 66.6 Å². The molecule has 1 aromatic heterocycles. The Bertz CT molecular complexity index is 1660. The lowest BCUT2D eigenvalue weighted by atomic mass is 10.0. The van der Waals surface area contributed by atoms with Crippen LogP contribution in [0.2, 0.25) is 0 Å². The summed E-state index contributed by atoms with van der Waals surface area (Å²) in [7, 11) is 1.77. The smallest absolute Gasteiger partial charge is 0.346 e. The normalized spacial score (nSPS) is 19.8. The number of nitrogens with one attached hydrogen (secondary N) is 1. The van der Waals surface area contributed by atoms with E-state index in [-0.39, 0.29) is 35.5 Å². The van der Waals surface area contributed by atoms with Gasteiger partial charge in [-0.15, -0.1) is 5.10 Å². The molecule has 2 aliphatic heterocycles. The van der Waals surface area contributed by atoms with Gasteiger partial charge in [-0.25, -0.2) is 14.3 Å². The van der Waals surface area contributed by atoms with Crippen molar-refractivity contribution in [1.29, 1.82) is 0 Å². The van der Waals surface area contributed by atoms with Crippen molar-refractivity contribution in [1.82, 2.24) is 20.2 Å². The standard InChI is InChI=1S/C29H25N5O7S/c1-34-29(31-32-33-34)42-15-21-13-24(17-7-5-16(14-35)6-8-17)40-28(39-21)19-3-2-4-20(11-19)30-25(36)18-9-10-22-23(12-18)27(38)41-26(22)37/h2-12,21,24,28,35H,13-15H2,1H3,(H,30,36). The Morgan fingerprint density at radius 1 is 1.02 bits per heavy atom. The van der Waals surface area contributed by atoms with E-state index in [0.717, 1.165) is 11.1 Å². The number of rotatable bonds is 8. The summed E-state index contributed by atoms with van der Waals surface area (Å²) >= 11 is 1.48. The molecule has 6 rings (SSSR count). The molecule has 13 heteroatoms. The van der Waals surface area contributed by atoms with Crippen molar-refractivity contribution in [3.05, 3.63) is 100 Å². The van der Waals surface area contributed by atoms with Gasteiger partial charge in [-0.3, -0.25) is 4.79 Å². The van der Waals surface area contributed by atoms with Crippen LogP contribution in [-0.2, 0) is 27.9 Å². The van der Waals surface area contributed by atoms with Crippen molar-refractivity contribution in [2.24, 2.45) is 7.05 Å². The molecule has 3 atom stereocenters. The highest BCUT2D eigenvalue weighted by Gasteiger charge is 2.33. The number of fused-ring (bicyclic) bond motifs is 1. The lowest BCUT2D eigenvalue weighted by Gasteiger charge is -2.36. The summed E-state index contributed by atoms with van der Waals surface area (Å²) < 4.78 is 19.0. The number of amides is 1. The van der Waals surface area contributed by atoms with Gasteiger partial charge in [-0.2, -0.15) is 0 Å². The number of ether oxygens (including phenoxy) is 3. The average Bonchev–Trinajstić information content (AvgIpc) is 3.56. The third-order valence-electron chi connectivity index (χ3n) is 6.92. The van der Waals surface area contributed by atoms with E-state index in [2.05, 4.69) is 25.6 Å². The van der Waals surface area contributed by atoms with Crippen molar-refractivity contribution in [2.75, 3.05) is 11.1 Å². The number of nitrogens with zero attached hydrogens (tertiary/aromatic N) is 4. The largest absolute Gasteiger partial charge is 0.392 e. The van der Waals surface area contributed by atoms with Gasteiger partial charge < -0.3 is 24.6 Å². The molecule has 12 nitrogen and oxygen atoms in total. The van der Waals surface area contributed by atoms with Gasteiger partial charge in [0.15, 0.2) is 6.29 Å². The third-order valence-corrected chi connectivity index (χ3v) is 8.06. The number of thioether (sulfide) groups is 1. The Hall–Kier alpha value is -4.43. The third kappa shape index (κ3) is 5.81. The molecule has 0 saturated carbocycles. The van der Waals surface area contributed by atoms with E-state index >= 15 is 0 Å². The van der Waals surface area contributed by atoms with Gasteiger partial charge in [0.1, 0.15) is 0 Å². The first-order chi connectivity index (χ1) is 20.4. The number of hydrogen-bond acceptors (Lipinski definition) is 11. The highest BCUT2D eigenvalue weighted by atomic mass is 32.2. The van der Waals surface area contributed by atoms with E-state index in [0.29, 0.717) is 28.6 Å². The fourth-order valence-electron chi connectivity index (χ4n) is 4.73. The summed E-state index contributed by atoms with van der Waals surface area (Å²) in [6, 6.07) is 18.9. The molecular formula is C29H25N5O7S. The maximum absolute atomic E-state index is 13.0. The van der Waals surface area contributed by atoms with Crippen LogP contribution in [0, 0.1) is 0 Å². The molecule has 0 bridgehead atoms. The Labute approximate surface area is 244 Å². The molecule has 214 valence electrons. The van der Waals surface area contributed by atoms with Gasteiger partial charge in [-0.1, -0.05) is 48.2 Å². The summed E-state index contributed by atoms with van der Waals surface area (Å²) in [5.41, 5.74) is 3.35. The van der Waals surface area contributed by atoms with Crippen LogP contribution in [0.3, 0.4) is 0 Å². The second kappa shape index (κ2) is 11.8. The first-order valence-corrected chi connectivity index (χ1v) is 14.0. The van der Waals surface area contributed by atoms with E-state index in [1.165, 1.54) is 30.0 Å². The zero-order valence-corrected chi connectivity index (χ0v) is 23.1. The lowest BCUT2D eigenvalue weighted by molar-refractivity contribution is -0.245. The minimum absolute atomic E-state index is 0.0469. The van der Waals surface area contributed by atoms with Gasteiger partial charge in [-0.05, 0) is 51.9 Å². The Kier molecular flexibility index (Phi) is 7.80. The molecule has 3 unspecified atom stereocenters. The number of hydrogen-bond donors (Lipinski definition) is 2. The number of aliphatic hydroxyl groups excluding tert-OH is 1. The van der Waals surface area contributed by atoms with Crippen LogP contribution in [-0.4, -0.2) is 55.0 Å². The molecule has 4 aromatic rings. The first kappa shape index (κ1) is 27.7. The second-order valence-electron chi connectivity index (χ2n) is 9.76. The van der Waals surface area contributed by atoms with Crippen molar-refractivity contribution < 1.29 is 33.7 Å². The minimum atomic E-state index is -0.776. The fraction of sp³-hybridized carbons (Fsp3) is 0.241. The topological polar surface area (TPSA) is 155 Å². The Morgan fingerprint density at radius 3 is 2.60 bits per heavy atom. The highest BCUT2D eigenvalue weighted by molar-refractivity contribution is 7.99. The SMILES string of the molecule is Cn1nnnc1SCC1CC(c2ccc(CO)cc2)OC(c2cccc(NC(=O)c3ccc4c(c3)C(=O)OC4=O)c2)O1. The maximum Gasteiger partial charge on any atom is 0.346 e. The van der Waals surface area contributed by atoms with E-state index in [9.17, 15) is 19.5 Å². The number of tetrazole rings is 1. The molecule has 0 radical (unpaired) electrons. The molecular weight excluding hydrogens is 562 g/mol. The quantitative estimate of drug-likeness (QED) is 0.176. The zero-order valence-electron chi connectivity index (χ0n) is 22.3. The maximum atomic E-state index is 13.0. The fourth-order valence-corrected chi connectivity index (χ4v) is 5.59. The van der Waals surface area contributed by atoms with Crippen LogP contribution in [0.5, 0.6) is 0 Å². The number of carbonyl (C=O) groups excluding carboxylic acids is 3. The molecule has 1 amide bonds. The Morgan fingerprint density at radius 2 is 1.83 bits per heavy atom. The van der Waals surface area contributed by atoms with Gasteiger partial charge >= 0.3 is 11.9 Å². The zero-order chi connectivity index (χ0) is 29.2. The summed E-state index contributed by atoms with van der Waals surface area (Å²) in [6.45, 7) is -0.0469. The van der Waals surface area contributed by atoms with Crippen LogP contribution in [0.25, 0.3) is 0 Å². The molecule has 1 saturated heterocycles. The number of anilines is 1. The number of esters is 2. The number of benzene rings is 3. The minimum Gasteiger partial charge on any atom is -0.392 e. The number of aliphatic hydroxyl groups is 1. The number of aryl methyl sites for hydroxylation is 1. The number of carbonyl (C=O) groups is 3. The molecule has 0 aliphatic carbocycles. The average molecular weight is 588 g/mol. The molecule has 3 aromatic carbocycles. The van der Waals surface area contributed by atoms with Crippen molar-refractivity contribution in [3.63, 3.8) is 0 Å². The van der Waals surface area contributed by atoms with Gasteiger partial charge in [0.25, 0.3) is 5.91 Å². The molecule has 3 heterocycles. The van der Waals surface area contributed by atoms with Crippen molar-refractivity contribution in [3.8, 4) is 0 Å². The molecule has 1 fully saturated rings. The summed E-state index contributed by atoms with van der Waals surface area (Å²) in [4.78, 5) is 36.7. The van der Waals surface area contributed by atoms with Crippen LogP contribution >= 0.6 is 11.8 Å². The van der Waals surface area contributed by atoms with E-state index in [1.807, 2.05) is 30.3 Å². The van der Waals surface area contributed by atoms with Crippen molar-refractivity contribution in [2.45, 2.75) is 36.7 Å². The summed E-state index contributed by atoms with van der Waals surface area (Å²) in [5.74, 6) is -1.38. The van der Waals surface area contributed by atoms with E-state index in [4.69, 9.17) is 9.47 Å². The molecule has 2 aliphatic rings. The van der Waals surface area contributed by atoms with Gasteiger partial charge in [0, 0.05) is 36.0 Å². The van der Waals surface area contributed by atoms with E-state index in [1.54, 1.807) is 29.9 Å². The number of aromatic nitrogens is 4. The summed E-state index contributed by atoms with van der Waals surface area (Å²) in [6.07, 6.45) is -0.638. The second-order valence-corrected chi connectivity index (χ2v) is 10.8. The highest BCUT2D eigenvalue weighted by Crippen LogP contribution is 2.39. The van der Waals surface area contributed by atoms with Gasteiger partial charge in [0.2, 0.25) is 5.16 Å². The molecule has 42 heavy (non-hydrogen) atoms. The lowest BCUT2D eigenvalue weighted by Crippen LogP contribution is -2.31. The van der Waals surface area contributed by atoms with Crippen LogP contribution in [0.15, 0.2) is 71.9 Å². The summed E-state index contributed by atoms with van der Waals surface area (Å²) in [5, 5.41) is 24.5.